The number of quaternary nitrogens is 1. The average molecular weight is 336 g/mol. The zero-order chi connectivity index (χ0) is 15.2. The summed E-state index contributed by atoms with van der Waals surface area (Å²) in [6.07, 6.45) is 6.23. The average Bonchev–Trinajstić information content (AvgIpc) is 3.20. The monoisotopic (exact) mass is 335 g/mol. The lowest BCUT2D eigenvalue weighted by Gasteiger charge is -2.29. The second kappa shape index (κ2) is 6.21. The van der Waals surface area contributed by atoms with E-state index in [0.29, 0.717) is 0 Å². The summed E-state index contributed by atoms with van der Waals surface area (Å²) in [7, 11) is 2.36. The van der Waals surface area contributed by atoms with Crippen molar-refractivity contribution in [1.82, 2.24) is 9.61 Å². The molecule has 0 aromatic carbocycles. The van der Waals surface area contributed by atoms with Crippen LogP contribution in [0.25, 0.3) is 5.52 Å². The third kappa shape index (κ3) is 2.88. The molecular weight excluding hydrogens is 310 g/mol. The number of pyridine rings is 1. The maximum Gasteiger partial charge on any atom is 0.172 e. The zero-order valence-electron chi connectivity index (χ0n) is 13.8. The smallest absolute Gasteiger partial charge is 0.172 e. The highest BCUT2D eigenvalue weighted by Crippen LogP contribution is 2.29. The first kappa shape index (κ1) is 16.4. The number of rotatable bonds is 4. The van der Waals surface area contributed by atoms with E-state index in [2.05, 4.69) is 29.0 Å². The highest BCUT2D eigenvalue weighted by Gasteiger charge is 2.26. The highest BCUT2D eigenvalue weighted by molar-refractivity contribution is 5.81. The molecule has 126 valence electrons. The van der Waals surface area contributed by atoms with Crippen molar-refractivity contribution in [2.75, 3.05) is 44.3 Å². The molecule has 0 unspecified atom stereocenters. The second-order valence-electron chi connectivity index (χ2n) is 7.14. The van der Waals surface area contributed by atoms with E-state index in [-0.39, 0.29) is 12.4 Å². The lowest BCUT2D eigenvalue weighted by molar-refractivity contribution is -0.895. The van der Waals surface area contributed by atoms with E-state index in [1.165, 1.54) is 54.5 Å². The molecule has 1 aliphatic heterocycles. The Balaban J connectivity index is 0.00000156. The van der Waals surface area contributed by atoms with Crippen molar-refractivity contribution in [1.29, 1.82) is 0 Å². The molecule has 0 atom stereocenters. The SMILES string of the molecule is C[N+]1(CCNc2nn3c4c(ccc3c2N)CCC4)CCCC1.[Cl-]. The van der Waals surface area contributed by atoms with Gasteiger partial charge in [-0.15, -0.1) is 5.10 Å². The molecule has 1 saturated heterocycles. The van der Waals surface area contributed by atoms with Gasteiger partial charge in [0.25, 0.3) is 0 Å². The molecule has 0 bridgehead atoms. The number of aromatic nitrogens is 2. The number of nitrogens with two attached hydrogens (primary N) is 1. The van der Waals surface area contributed by atoms with Gasteiger partial charge in [-0.2, -0.15) is 0 Å². The van der Waals surface area contributed by atoms with Crippen LogP contribution in [0.1, 0.15) is 30.5 Å². The first-order chi connectivity index (χ1) is 10.7. The molecule has 23 heavy (non-hydrogen) atoms. The van der Waals surface area contributed by atoms with Crippen molar-refractivity contribution in [3.63, 3.8) is 0 Å². The van der Waals surface area contributed by atoms with Crippen LogP contribution in [-0.2, 0) is 12.8 Å². The van der Waals surface area contributed by atoms with Crippen LogP contribution >= 0.6 is 0 Å². The summed E-state index contributed by atoms with van der Waals surface area (Å²) in [5.41, 5.74) is 10.9. The van der Waals surface area contributed by atoms with Crippen LogP contribution in [0.15, 0.2) is 12.1 Å². The van der Waals surface area contributed by atoms with Gasteiger partial charge < -0.3 is 27.9 Å². The van der Waals surface area contributed by atoms with Gasteiger partial charge in [-0.25, -0.2) is 4.52 Å². The Labute approximate surface area is 143 Å². The van der Waals surface area contributed by atoms with Gasteiger partial charge in [-0.1, -0.05) is 6.07 Å². The standard InChI is InChI=1S/C17H26N5.ClH/c1-22(10-2-3-11-22)12-9-19-17-16(18)15-8-7-13-5-4-6-14(13)21(15)20-17;/h7-8H,2-6,9-12,18H2,1H3,(H,19,20);1H/q+1;/p-1. The van der Waals surface area contributed by atoms with Gasteiger partial charge in [-0.05, 0) is 30.9 Å². The van der Waals surface area contributed by atoms with Gasteiger partial charge in [0.05, 0.1) is 38.7 Å². The maximum atomic E-state index is 6.31. The lowest BCUT2D eigenvalue weighted by Crippen LogP contribution is -3.00. The Kier molecular flexibility index (Phi) is 4.43. The topological polar surface area (TPSA) is 55.4 Å². The number of nitrogens with zero attached hydrogens (tertiary/aromatic N) is 3. The summed E-state index contributed by atoms with van der Waals surface area (Å²) in [6, 6.07) is 4.34. The number of likely N-dealkylation sites (N-methyl/N-ethyl adjacent to an activating group) is 1. The van der Waals surface area contributed by atoms with Crippen LogP contribution in [0, 0.1) is 0 Å². The molecule has 1 fully saturated rings. The molecule has 4 rings (SSSR count). The third-order valence-electron chi connectivity index (χ3n) is 5.48. The third-order valence-corrected chi connectivity index (χ3v) is 5.48. The van der Waals surface area contributed by atoms with Crippen molar-refractivity contribution in [3.8, 4) is 0 Å². The minimum absolute atomic E-state index is 0. The van der Waals surface area contributed by atoms with E-state index >= 15 is 0 Å². The summed E-state index contributed by atoms with van der Waals surface area (Å²) >= 11 is 0. The molecule has 1 aliphatic carbocycles. The van der Waals surface area contributed by atoms with Crippen LogP contribution < -0.4 is 23.5 Å². The first-order valence-corrected chi connectivity index (χ1v) is 8.53. The summed E-state index contributed by atoms with van der Waals surface area (Å²) in [6.45, 7) is 4.68. The first-order valence-electron chi connectivity index (χ1n) is 8.53. The van der Waals surface area contributed by atoms with Crippen LogP contribution in [0.4, 0.5) is 11.5 Å². The van der Waals surface area contributed by atoms with Crippen molar-refractivity contribution in [2.45, 2.75) is 32.1 Å². The fourth-order valence-electron chi connectivity index (χ4n) is 4.06. The van der Waals surface area contributed by atoms with Crippen molar-refractivity contribution in [2.24, 2.45) is 0 Å². The number of hydrogen-bond acceptors (Lipinski definition) is 3. The van der Waals surface area contributed by atoms with Crippen molar-refractivity contribution < 1.29 is 16.9 Å². The molecule has 6 heteroatoms. The van der Waals surface area contributed by atoms with Gasteiger partial charge in [0, 0.05) is 18.5 Å². The lowest BCUT2D eigenvalue weighted by atomic mass is 10.2. The fraction of sp³-hybridized carbons (Fsp3) is 0.588. The van der Waals surface area contributed by atoms with E-state index in [1.54, 1.807) is 0 Å². The second-order valence-corrected chi connectivity index (χ2v) is 7.14. The largest absolute Gasteiger partial charge is 1.00 e. The van der Waals surface area contributed by atoms with Crippen LogP contribution in [0.5, 0.6) is 0 Å². The molecule has 0 radical (unpaired) electrons. The molecule has 0 spiro atoms. The molecule has 5 nitrogen and oxygen atoms in total. The van der Waals surface area contributed by atoms with Gasteiger partial charge in [0.15, 0.2) is 5.82 Å². The van der Waals surface area contributed by atoms with E-state index in [4.69, 9.17) is 10.8 Å². The van der Waals surface area contributed by atoms with Crippen molar-refractivity contribution >= 4 is 17.0 Å². The number of nitrogens with one attached hydrogen (secondary N) is 1. The Hall–Kier alpha value is -1.46. The fourth-order valence-corrected chi connectivity index (χ4v) is 4.06. The molecule has 2 aliphatic rings. The zero-order valence-corrected chi connectivity index (χ0v) is 14.6. The number of halogens is 1. The van der Waals surface area contributed by atoms with Gasteiger partial charge >= 0.3 is 0 Å². The Morgan fingerprint density at radius 1 is 1.22 bits per heavy atom. The molecule has 3 N–H and O–H groups in total. The summed E-state index contributed by atoms with van der Waals surface area (Å²) in [5, 5.41) is 8.22. The molecule has 0 saturated carbocycles. The molecule has 3 heterocycles. The van der Waals surface area contributed by atoms with Gasteiger partial charge in [0.1, 0.15) is 5.69 Å². The van der Waals surface area contributed by atoms with E-state index < -0.39 is 0 Å². The minimum Gasteiger partial charge on any atom is -1.00 e. The number of aryl methyl sites for hydroxylation is 2. The van der Waals surface area contributed by atoms with E-state index in [1.807, 2.05) is 0 Å². The summed E-state index contributed by atoms with van der Waals surface area (Å²) in [4.78, 5) is 0. The van der Waals surface area contributed by atoms with Gasteiger partial charge in [-0.3, -0.25) is 0 Å². The number of likely N-dealkylation sites (tertiary alicyclic amines) is 1. The van der Waals surface area contributed by atoms with Crippen LogP contribution in [-0.4, -0.2) is 47.3 Å². The van der Waals surface area contributed by atoms with Crippen molar-refractivity contribution in [3.05, 3.63) is 23.4 Å². The number of nitrogen functional groups attached to an aromatic ring is 1. The molecule has 0 amide bonds. The number of fused-ring (bicyclic) bond motifs is 3. The number of hydrogen-bond donors (Lipinski definition) is 2. The van der Waals surface area contributed by atoms with E-state index in [0.717, 1.165) is 36.5 Å². The normalized spacial score (nSPS) is 18.8. The van der Waals surface area contributed by atoms with Crippen LogP contribution in [0.3, 0.4) is 0 Å². The molecule has 2 aromatic heterocycles. The summed E-state index contributed by atoms with van der Waals surface area (Å²) < 4.78 is 3.24. The Bertz CT molecular complexity index is 703. The van der Waals surface area contributed by atoms with Crippen LogP contribution in [0.2, 0.25) is 0 Å². The van der Waals surface area contributed by atoms with E-state index in [9.17, 15) is 0 Å². The quantitative estimate of drug-likeness (QED) is 0.709. The minimum atomic E-state index is 0. The number of anilines is 2. The maximum absolute atomic E-state index is 6.31. The highest BCUT2D eigenvalue weighted by atomic mass is 35.5. The molecular formula is C17H26ClN5. The molecule has 2 aromatic rings. The van der Waals surface area contributed by atoms with Gasteiger partial charge in [0.2, 0.25) is 0 Å². The Morgan fingerprint density at radius 3 is 2.78 bits per heavy atom. The predicted molar refractivity (Wildman–Crippen MR) is 90.1 cm³/mol. The Morgan fingerprint density at radius 2 is 2.00 bits per heavy atom. The predicted octanol–water partition coefficient (Wildman–Crippen LogP) is -0.938. The summed E-state index contributed by atoms with van der Waals surface area (Å²) in [5.74, 6) is 0.853.